The summed E-state index contributed by atoms with van der Waals surface area (Å²) in [6, 6.07) is 10.5. The second kappa shape index (κ2) is 11.2. The van der Waals surface area contributed by atoms with E-state index in [-0.39, 0.29) is 24.1 Å². The lowest BCUT2D eigenvalue weighted by atomic mass is 9.99. The number of nitrogens with zero attached hydrogens (tertiary/aromatic N) is 2. The fourth-order valence-electron chi connectivity index (χ4n) is 4.08. The highest BCUT2D eigenvalue weighted by atomic mass is 32.1. The molecule has 30 heavy (non-hydrogen) atoms. The van der Waals surface area contributed by atoms with Crippen molar-refractivity contribution in [1.29, 1.82) is 0 Å². The highest BCUT2D eigenvalue weighted by Crippen LogP contribution is 2.26. The summed E-state index contributed by atoms with van der Waals surface area (Å²) in [4.78, 5) is 27.9. The van der Waals surface area contributed by atoms with Crippen LogP contribution in [0.1, 0.15) is 38.2 Å². The van der Waals surface area contributed by atoms with Gasteiger partial charge in [0.1, 0.15) is 6.61 Å². The number of amides is 1. The van der Waals surface area contributed by atoms with Gasteiger partial charge in [-0.25, -0.2) is 4.79 Å². The minimum atomic E-state index is -0.200. The van der Waals surface area contributed by atoms with Crippen LogP contribution in [-0.2, 0) is 20.7 Å². The van der Waals surface area contributed by atoms with Crippen LogP contribution in [0.3, 0.4) is 0 Å². The lowest BCUT2D eigenvalue weighted by Crippen LogP contribution is -2.52. The van der Waals surface area contributed by atoms with E-state index in [4.69, 9.17) is 21.7 Å². The minimum Gasteiger partial charge on any atom is -0.466 e. The lowest BCUT2D eigenvalue weighted by Gasteiger charge is -2.38. The predicted molar refractivity (Wildman–Crippen MR) is 118 cm³/mol. The Bertz CT molecular complexity index is 722. The molecule has 0 saturated carbocycles. The van der Waals surface area contributed by atoms with Gasteiger partial charge in [0.2, 0.25) is 0 Å². The van der Waals surface area contributed by atoms with E-state index in [0.717, 1.165) is 32.4 Å². The number of likely N-dealkylation sites (tertiary alicyclic amines) is 1. The molecule has 7 nitrogen and oxygen atoms in total. The topological polar surface area (TPSA) is 71.1 Å². The zero-order valence-electron chi connectivity index (χ0n) is 17.5. The number of hydrogen-bond acceptors (Lipinski definition) is 5. The van der Waals surface area contributed by atoms with Crippen molar-refractivity contribution < 1.29 is 19.1 Å². The number of carbonyl (C=O) groups excluding carboxylic acids is 2. The van der Waals surface area contributed by atoms with Crippen molar-refractivity contribution >= 4 is 29.4 Å². The first kappa shape index (κ1) is 22.3. The summed E-state index contributed by atoms with van der Waals surface area (Å²) in [7, 11) is 0. The molecule has 0 bridgehead atoms. The molecule has 8 heteroatoms. The van der Waals surface area contributed by atoms with Crippen molar-refractivity contribution in [2.75, 3.05) is 32.8 Å². The van der Waals surface area contributed by atoms with Gasteiger partial charge in [-0.2, -0.15) is 0 Å². The summed E-state index contributed by atoms with van der Waals surface area (Å²) < 4.78 is 10.3. The number of cyclic esters (lactones) is 1. The SMILES string of the molecule is CCOC(=O)CCCNC(=S)N1CCC(N2C(=O)OC[C@@H]2Cc2ccccc2)CC1. The van der Waals surface area contributed by atoms with Crippen molar-refractivity contribution in [2.24, 2.45) is 0 Å². The molecule has 1 N–H and O–H groups in total. The highest BCUT2D eigenvalue weighted by Gasteiger charge is 2.39. The van der Waals surface area contributed by atoms with Gasteiger partial charge < -0.3 is 19.7 Å². The summed E-state index contributed by atoms with van der Waals surface area (Å²) in [6.07, 6.45) is 3.43. The third kappa shape index (κ3) is 6.08. The Morgan fingerprint density at radius 1 is 1.27 bits per heavy atom. The fraction of sp³-hybridized carbons (Fsp3) is 0.591. The van der Waals surface area contributed by atoms with Gasteiger partial charge in [-0.1, -0.05) is 30.3 Å². The number of hydrogen-bond donors (Lipinski definition) is 1. The molecule has 0 aliphatic carbocycles. The maximum Gasteiger partial charge on any atom is 0.410 e. The zero-order chi connectivity index (χ0) is 21.3. The van der Waals surface area contributed by atoms with E-state index in [9.17, 15) is 9.59 Å². The van der Waals surface area contributed by atoms with Crippen LogP contribution in [0.25, 0.3) is 0 Å². The largest absolute Gasteiger partial charge is 0.466 e. The summed E-state index contributed by atoms with van der Waals surface area (Å²) in [5.41, 5.74) is 1.22. The number of nitrogens with one attached hydrogen (secondary N) is 1. The van der Waals surface area contributed by atoms with Crippen molar-refractivity contribution in [2.45, 2.75) is 51.1 Å². The molecular weight excluding hydrogens is 402 g/mol. The van der Waals surface area contributed by atoms with Crippen LogP contribution in [-0.4, -0.2) is 71.9 Å². The van der Waals surface area contributed by atoms with E-state index in [1.54, 1.807) is 6.92 Å². The Labute approximate surface area is 183 Å². The molecule has 2 fully saturated rings. The van der Waals surface area contributed by atoms with Gasteiger partial charge in [-0.3, -0.25) is 9.69 Å². The molecule has 164 valence electrons. The quantitative estimate of drug-likeness (QED) is 0.384. The van der Waals surface area contributed by atoms with Crippen molar-refractivity contribution in [3.8, 4) is 0 Å². The lowest BCUT2D eigenvalue weighted by molar-refractivity contribution is -0.143. The Morgan fingerprint density at radius 2 is 2.00 bits per heavy atom. The molecular formula is C22H31N3O4S. The highest BCUT2D eigenvalue weighted by molar-refractivity contribution is 7.80. The Kier molecular flexibility index (Phi) is 8.30. The number of piperidine rings is 1. The molecule has 2 heterocycles. The van der Waals surface area contributed by atoms with Gasteiger partial charge in [0.05, 0.1) is 12.6 Å². The molecule has 2 aliphatic heterocycles. The first-order valence-corrected chi connectivity index (χ1v) is 11.2. The van der Waals surface area contributed by atoms with Gasteiger partial charge in [-0.15, -0.1) is 0 Å². The molecule has 0 spiro atoms. The molecule has 3 rings (SSSR count). The molecule has 1 aromatic rings. The first-order chi connectivity index (χ1) is 14.6. The molecule has 1 atom stereocenters. The molecule has 2 aliphatic rings. The Hall–Kier alpha value is -2.35. The van der Waals surface area contributed by atoms with Gasteiger partial charge in [0, 0.05) is 32.1 Å². The van der Waals surface area contributed by atoms with E-state index in [0.29, 0.717) is 37.7 Å². The van der Waals surface area contributed by atoms with Gasteiger partial charge in [-0.05, 0) is 50.4 Å². The number of rotatable bonds is 8. The summed E-state index contributed by atoms with van der Waals surface area (Å²) in [6.45, 7) is 4.92. The van der Waals surface area contributed by atoms with Crippen LogP contribution in [0, 0.1) is 0 Å². The molecule has 0 radical (unpaired) electrons. The third-order valence-corrected chi connectivity index (χ3v) is 6.00. The summed E-state index contributed by atoms with van der Waals surface area (Å²) in [5, 5.41) is 3.94. The predicted octanol–water partition coefficient (Wildman–Crippen LogP) is 2.73. The average molecular weight is 434 g/mol. The van der Waals surface area contributed by atoms with E-state index in [1.165, 1.54) is 5.56 Å². The van der Waals surface area contributed by atoms with Crippen LogP contribution >= 0.6 is 12.2 Å². The smallest absolute Gasteiger partial charge is 0.410 e. The van der Waals surface area contributed by atoms with Crippen LogP contribution in [0.2, 0.25) is 0 Å². The van der Waals surface area contributed by atoms with Crippen molar-refractivity contribution in [1.82, 2.24) is 15.1 Å². The Balaban J connectivity index is 1.43. The van der Waals surface area contributed by atoms with E-state index >= 15 is 0 Å². The van der Waals surface area contributed by atoms with Crippen LogP contribution < -0.4 is 5.32 Å². The summed E-state index contributed by atoms with van der Waals surface area (Å²) in [5.74, 6) is -0.173. The third-order valence-electron chi connectivity index (χ3n) is 5.60. The molecule has 0 unspecified atom stereocenters. The minimum absolute atomic E-state index is 0.0874. The van der Waals surface area contributed by atoms with Crippen LogP contribution in [0.4, 0.5) is 4.79 Å². The van der Waals surface area contributed by atoms with Gasteiger partial charge in [0.15, 0.2) is 5.11 Å². The van der Waals surface area contributed by atoms with Crippen LogP contribution in [0.5, 0.6) is 0 Å². The monoisotopic (exact) mass is 433 g/mol. The normalized spacial score (nSPS) is 19.5. The number of ether oxygens (including phenoxy) is 2. The average Bonchev–Trinajstić information content (AvgIpc) is 3.12. The van der Waals surface area contributed by atoms with Crippen molar-refractivity contribution in [3.63, 3.8) is 0 Å². The van der Waals surface area contributed by atoms with Gasteiger partial charge in [0.25, 0.3) is 0 Å². The zero-order valence-corrected chi connectivity index (χ0v) is 18.4. The molecule has 1 amide bonds. The van der Waals surface area contributed by atoms with Crippen LogP contribution in [0.15, 0.2) is 30.3 Å². The first-order valence-electron chi connectivity index (χ1n) is 10.8. The number of thiocarbonyl (C=S) groups is 1. The van der Waals surface area contributed by atoms with Crippen molar-refractivity contribution in [3.05, 3.63) is 35.9 Å². The molecule has 2 saturated heterocycles. The number of benzene rings is 1. The van der Waals surface area contributed by atoms with E-state index in [1.807, 2.05) is 23.1 Å². The number of esters is 1. The van der Waals surface area contributed by atoms with Gasteiger partial charge >= 0.3 is 12.1 Å². The Morgan fingerprint density at radius 3 is 2.70 bits per heavy atom. The standard InChI is InChI=1S/C22H31N3O4S/c1-2-28-20(26)9-6-12-23-21(30)24-13-10-18(11-14-24)25-19(16-29-22(25)27)15-17-7-4-3-5-8-17/h3-5,7-8,18-19H,2,6,9-16H2,1H3,(H,23,30)/t19-/m0/s1. The van der Waals surface area contributed by atoms with E-state index in [2.05, 4.69) is 22.3 Å². The second-order valence-electron chi connectivity index (χ2n) is 7.69. The second-order valence-corrected chi connectivity index (χ2v) is 8.07. The fourth-order valence-corrected chi connectivity index (χ4v) is 4.37. The maximum atomic E-state index is 12.4. The van der Waals surface area contributed by atoms with E-state index < -0.39 is 0 Å². The summed E-state index contributed by atoms with van der Waals surface area (Å²) >= 11 is 5.50. The molecule has 0 aromatic heterocycles. The number of carbonyl (C=O) groups is 2. The maximum absolute atomic E-state index is 12.4. The molecule has 1 aromatic carbocycles.